The highest BCUT2D eigenvalue weighted by Crippen LogP contribution is 2.38. The van der Waals surface area contributed by atoms with Crippen molar-refractivity contribution in [3.63, 3.8) is 0 Å². The zero-order chi connectivity index (χ0) is 18.6. The van der Waals surface area contributed by atoms with E-state index < -0.39 is 0 Å². The fraction of sp³-hybridized carbons (Fsp3) is 0.286. The summed E-state index contributed by atoms with van der Waals surface area (Å²) < 4.78 is 2.29. The summed E-state index contributed by atoms with van der Waals surface area (Å²) in [4.78, 5) is 11.1. The lowest BCUT2D eigenvalue weighted by Gasteiger charge is -2.28. The molecule has 1 fully saturated rings. The van der Waals surface area contributed by atoms with Crippen LogP contribution in [0.4, 0.5) is 0 Å². The van der Waals surface area contributed by atoms with Gasteiger partial charge in [-0.2, -0.15) is 0 Å². The van der Waals surface area contributed by atoms with Crippen LogP contribution in [0.15, 0.2) is 67.3 Å². The summed E-state index contributed by atoms with van der Waals surface area (Å²) in [5.74, 6) is 0. The highest BCUT2D eigenvalue weighted by atomic mass is 32.1. The maximum Gasteiger partial charge on any atom is 0.170 e. The van der Waals surface area contributed by atoms with E-state index in [1.807, 2.05) is 30.6 Å². The summed E-state index contributed by atoms with van der Waals surface area (Å²) >= 11 is 5.67. The highest BCUT2D eigenvalue weighted by molar-refractivity contribution is 7.80. The van der Waals surface area contributed by atoms with Gasteiger partial charge in [-0.25, -0.2) is 0 Å². The van der Waals surface area contributed by atoms with Gasteiger partial charge in [0.05, 0.1) is 17.8 Å². The third kappa shape index (κ3) is 3.57. The summed E-state index contributed by atoms with van der Waals surface area (Å²) in [5.41, 5.74) is 3.42. The van der Waals surface area contributed by atoms with Crippen molar-refractivity contribution in [1.82, 2.24) is 24.8 Å². The normalized spacial score (nSPS) is 19.3. The second-order valence-electron chi connectivity index (χ2n) is 6.74. The molecule has 3 aromatic rings. The van der Waals surface area contributed by atoms with E-state index in [0.717, 1.165) is 30.3 Å². The predicted molar refractivity (Wildman–Crippen MR) is 110 cm³/mol. The molecule has 27 heavy (non-hydrogen) atoms. The SMILES string of the molecule is CCCN1C(=S)N[C@H](c2ccccn2)[C@@H]1c1cccn1Cc1cccnc1. The van der Waals surface area contributed by atoms with Crippen LogP contribution in [0.25, 0.3) is 0 Å². The topological polar surface area (TPSA) is 46.0 Å². The van der Waals surface area contributed by atoms with Crippen molar-refractivity contribution in [3.8, 4) is 0 Å². The Morgan fingerprint density at radius 3 is 2.78 bits per heavy atom. The van der Waals surface area contributed by atoms with Gasteiger partial charge in [-0.3, -0.25) is 9.97 Å². The third-order valence-corrected chi connectivity index (χ3v) is 5.26. The molecule has 1 aliphatic heterocycles. The second-order valence-corrected chi connectivity index (χ2v) is 7.13. The van der Waals surface area contributed by atoms with Crippen LogP contribution in [0, 0.1) is 0 Å². The molecule has 2 atom stereocenters. The number of rotatable bonds is 6. The van der Waals surface area contributed by atoms with Gasteiger partial charge in [0.2, 0.25) is 0 Å². The second kappa shape index (κ2) is 7.88. The monoisotopic (exact) mass is 377 g/mol. The summed E-state index contributed by atoms with van der Waals surface area (Å²) in [5, 5.41) is 4.30. The fourth-order valence-electron chi connectivity index (χ4n) is 3.74. The molecule has 1 aliphatic rings. The molecule has 0 unspecified atom stereocenters. The lowest BCUT2D eigenvalue weighted by molar-refractivity contribution is 0.304. The number of thiocarbonyl (C=S) groups is 1. The summed E-state index contributed by atoms with van der Waals surface area (Å²) in [7, 11) is 0. The summed E-state index contributed by atoms with van der Waals surface area (Å²) in [6, 6.07) is 14.6. The van der Waals surface area contributed by atoms with Crippen LogP contribution < -0.4 is 5.32 Å². The van der Waals surface area contributed by atoms with Crippen molar-refractivity contribution in [1.29, 1.82) is 0 Å². The molecule has 4 rings (SSSR count). The first kappa shape index (κ1) is 17.7. The lowest BCUT2D eigenvalue weighted by atomic mass is 10.0. The standard InChI is InChI=1S/C21H23N5S/c1-2-12-26-20(19(24-21(26)27)17-8-3-4-11-23-17)18-9-6-13-25(18)15-16-7-5-10-22-14-16/h3-11,13-14,19-20H,2,12,15H2,1H3,(H,24,27)/t19-,20+/m1/s1. The van der Waals surface area contributed by atoms with Gasteiger partial charge in [-0.1, -0.05) is 19.1 Å². The Bertz CT molecular complexity index is 893. The number of hydrogen-bond acceptors (Lipinski definition) is 3. The Balaban J connectivity index is 1.72. The first-order valence-electron chi connectivity index (χ1n) is 9.30. The van der Waals surface area contributed by atoms with Crippen LogP contribution >= 0.6 is 12.2 Å². The minimum Gasteiger partial charge on any atom is -0.352 e. The van der Waals surface area contributed by atoms with Gasteiger partial charge >= 0.3 is 0 Å². The van der Waals surface area contributed by atoms with E-state index in [4.69, 9.17) is 12.2 Å². The van der Waals surface area contributed by atoms with E-state index in [1.165, 1.54) is 11.3 Å². The predicted octanol–water partition coefficient (Wildman–Crippen LogP) is 3.71. The number of nitrogens with zero attached hydrogens (tertiary/aromatic N) is 4. The van der Waals surface area contributed by atoms with Crippen LogP contribution in [0.5, 0.6) is 0 Å². The van der Waals surface area contributed by atoms with Gasteiger partial charge in [-0.15, -0.1) is 0 Å². The zero-order valence-corrected chi connectivity index (χ0v) is 16.1. The number of nitrogens with one attached hydrogen (secondary N) is 1. The molecule has 0 aromatic carbocycles. The average molecular weight is 378 g/mol. The quantitative estimate of drug-likeness (QED) is 0.664. The minimum absolute atomic E-state index is 0.0350. The van der Waals surface area contributed by atoms with E-state index >= 15 is 0 Å². The van der Waals surface area contributed by atoms with E-state index in [-0.39, 0.29) is 12.1 Å². The van der Waals surface area contributed by atoms with Crippen molar-refractivity contribution in [3.05, 3.63) is 84.2 Å². The van der Waals surface area contributed by atoms with Gasteiger partial charge in [0.25, 0.3) is 0 Å². The zero-order valence-electron chi connectivity index (χ0n) is 15.3. The van der Waals surface area contributed by atoms with Gasteiger partial charge in [-0.05, 0) is 54.5 Å². The summed E-state index contributed by atoms with van der Waals surface area (Å²) in [6.45, 7) is 3.88. The molecule has 138 valence electrons. The van der Waals surface area contributed by atoms with Crippen LogP contribution in [0.1, 0.15) is 42.4 Å². The lowest BCUT2D eigenvalue weighted by Crippen LogP contribution is -2.31. The molecule has 0 saturated carbocycles. The van der Waals surface area contributed by atoms with Crippen molar-refractivity contribution in [2.45, 2.75) is 32.0 Å². The van der Waals surface area contributed by atoms with Gasteiger partial charge in [0.1, 0.15) is 0 Å². The van der Waals surface area contributed by atoms with Gasteiger partial charge < -0.3 is 14.8 Å². The largest absolute Gasteiger partial charge is 0.352 e. The molecule has 0 bridgehead atoms. The molecule has 0 aliphatic carbocycles. The smallest absolute Gasteiger partial charge is 0.170 e. The third-order valence-electron chi connectivity index (χ3n) is 4.91. The Morgan fingerprint density at radius 2 is 2.04 bits per heavy atom. The molecule has 6 heteroatoms. The molecular formula is C21H23N5S. The Kier molecular flexibility index (Phi) is 5.16. The number of pyridine rings is 2. The molecule has 4 heterocycles. The molecule has 1 saturated heterocycles. The van der Waals surface area contributed by atoms with Crippen LogP contribution in [-0.4, -0.2) is 31.1 Å². The van der Waals surface area contributed by atoms with Crippen molar-refractivity contribution in [2.75, 3.05) is 6.54 Å². The van der Waals surface area contributed by atoms with Crippen LogP contribution in [0.2, 0.25) is 0 Å². The van der Waals surface area contributed by atoms with Crippen molar-refractivity contribution >= 4 is 17.3 Å². The van der Waals surface area contributed by atoms with Crippen LogP contribution in [0.3, 0.4) is 0 Å². The maximum atomic E-state index is 5.67. The Hall–Kier alpha value is -2.73. The summed E-state index contributed by atoms with van der Waals surface area (Å²) in [6.07, 6.45) is 8.73. The van der Waals surface area contributed by atoms with Crippen molar-refractivity contribution < 1.29 is 0 Å². The first-order valence-corrected chi connectivity index (χ1v) is 9.70. The van der Waals surface area contributed by atoms with E-state index in [0.29, 0.717) is 0 Å². The minimum atomic E-state index is 0.0350. The van der Waals surface area contributed by atoms with Gasteiger partial charge in [0.15, 0.2) is 5.11 Å². The first-order chi connectivity index (χ1) is 13.3. The fourth-order valence-corrected chi connectivity index (χ4v) is 4.07. The van der Waals surface area contributed by atoms with Crippen molar-refractivity contribution in [2.24, 2.45) is 0 Å². The maximum absolute atomic E-state index is 5.67. The molecule has 1 N–H and O–H groups in total. The van der Waals surface area contributed by atoms with E-state index in [2.05, 4.69) is 62.1 Å². The molecular weight excluding hydrogens is 354 g/mol. The molecule has 0 radical (unpaired) electrons. The highest BCUT2D eigenvalue weighted by Gasteiger charge is 2.40. The van der Waals surface area contributed by atoms with Gasteiger partial charge in [0, 0.05) is 43.6 Å². The molecule has 3 aromatic heterocycles. The molecule has 0 amide bonds. The average Bonchev–Trinajstić information content (AvgIpc) is 3.28. The van der Waals surface area contributed by atoms with E-state index in [9.17, 15) is 0 Å². The molecule has 5 nitrogen and oxygen atoms in total. The van der Waals surface area contributed by atoms with E-state index in [1.54, 1.807) is 6.20 Å². The number of hydrogen-bond donors (Lipinski definition) is 1. The van der Waals surface area contributed by atoms with Crippen LogP contribution in [-0.2, 0) is 6.54 Å². The molecule has 0 spiro atoms. The Morgan fingerprint density at radius 1 is 1.11 bits per heavy atom. The number of aromatic nitrogens is 3. The Labute approximate surface area is 165 Å².